The first-order valence-corrected chi connectivity index (χ1v) is 7.00. The van der Waals surface area contributed by atoms with Crippen molar-refractivity contribution in [3.05, 3.63) is 58.3 Å². The molecule has 5 nitrogen and oxygen atoms in total. The van der Waals surface area contributed by atoms with Crippen LogP contribution in [0, 0.1) is 11.3 Å². The Kier molecular flexibility index (Phi) is 5.28. The van der Waals surface area contributed by atoms with Crippen molar-refractivity contribution >= 4 is 28.0 Å². The van der Waals surface area contributed by atoms with Gasteiger partial charge in [0, 0.05) is 22.9 Å². The fraction of sp³-hybridized carbons (Fsp3) is 0.0625. The lowest BCUT2D eigenvalue weighted by Crippen LogP contribution is -2.09. The van der Waals surface area contributed by atoms with Gasteiger partial charge in [-0.2, -0.15) is 5.26 Å². The van der Waals surface area contributed by atoms with Crippen molar-refractivity contribution in [1.29, 1.82) is 5.26 Å². The Bertz CT molecular complexity index is 766. The van der Waals surface area contributed by atoms with Gasteiger partial charge in [-0.15, -0.1) is 0 Å². The molecule has 0 N–H and O–H groups in total. The second-order valence-electron chi connectivity index (χ2n) is 4.15. The van der Waals surface area contributed by atoms with Crippen molar-refractivity contribution in [3.63, 3.8) is 0 Å². The van der Waals surface area contributed by atoms with Crippen molar-refractivity contribution in [2.75, 3.05) is 7.11 Å². The lowest BCUT2D eigenvalue weighted by molar-refractivity contribution is 0.0729. The van der Waals surface area contributed by atoms with Crippen LogP contribution in [0.25, 0.3) is 6.08 Å². The van der Waals surface area contributed by atoms with E-state index >= 15 is 0 Å². The third-order valence-corrected chi connectivity index (χ3v) is 3.11. The van der Waals surface area contributed by atoms with Gasteiger partial charge in [-0.05, 0) is 45.8 Å². The Balaban J connectivity index is 2.24. The summed E-state index contributed by atoms with van der Waals surface area (Å²) in [4.78, 5) is 16.0. The summed E-state index contributed by atoms with van der Waals surface area (Å²) < 4.78 is 11.2. The number of rotatable bonds is 4. The van der Waals surface area contributed by atoms with Crippen LogP contribution in [0.15, 0.2) is 47.2 Å². The second-order valence-corrected chi connectivity index (χ2v) is 5.07. The molecule has 0 saturated heterocycles. The lowest BCUT2D eigenvalue weighted by atomic mass is 10.2. The highest BCUT2D eigenvalue weighted by Crippen LogP contribution is 2.29. The number of esters is 1. The quantitative estimate of drug-likeness (QED) is 0.474. The molecule has 0 amide bonds. The van der Waals surface area contributed by atoms with Crippen LogP contribution in [0.5, 0.6) is 11.5 Å². The zero-order chi connectivity index (χ0) is 15.9. The number of hydrogen-bond acceptors (Lipinski definition) is 5. The minimum absolute atomic E-state index is 0.293. The van der Waals surface area contributed by atoms with Crippen LogP contribution >= 0.6 is 15.9 Å². The highest BCUT2D eigenvalue weighted by atomic mass is 79.9. The van der Waals surface area contributed by atoms with Crippen molar-refractivity contribution in [3.8, 4) is 17.6 Å². The minimum atomic E-state index is -0.535. The Labute approximate surface area is 135 Å². The summed E-state index contributed by atoms with van der Waals surface area (Å²) in [5, 5.41) is 8.53. The lowest BCUT2D eigenvalue weighted by Gasteiger charge is -2.10. The summed E-state index contributed by atoms with van der Waals surface area (Å²) in [5.74, 6) is 0.158. The summed E-state index contributed by atoms with van der Waals surface area (Å²) in [6, 6.07) is 8.53. The zero-order valence-corrected chi connectivity index (χ0v) is 13.2. The Hall–Kier alpha value is -2.65. The topological polar surface area (TPSA) is 72.2 Å². The first-order valence-electron chi connectivity index (χ1n) is 6.21. The molecule has 22 heavy (non-hydrogen) atoms. The predicted octanol–water partition coefficient (Wildman–Crippen LogP) is 3.61. The van der Waals surface area contributed by atoms with E-state index in [-0.39, 0.29) is 0 Å². The van der Waals surface area contributed by atoms with Gasteiger partial charge in [0.2, 0.25) is 0 Å². The van der Waals surface area contributed by atoms with Crippen LogP contribution in [-0.2, 0) is 0 Å². The van der Waals surface area contributed by atoms with Gasteiger partial charge in [0.05, 0.1) is 18.7 Å². The number of carbonyl (C=O) groups is 1. The van der Waals surface area contributed by atoms with Gasteiger partial charge in [0.1, 0.15) is 0 Å². The Morgan fingerprint density at radius 3 is 2.82 bits per heavy atom. The number of nitriles is 1. The van der Waals surface area contributed by atoms with Crippen LogP contribution in [-0.4, -0.2) is 18.1 Å². The van der Waals surface area contributed by atoms with E-state index in [0.29, 0.717) is 21.5 Å². The molecule has 1 aromatic carbocycles. The Morgan fingerprint density at radius 2 is 2.14 bits per heavy atom. The maximum Gasteiger partial charge on any atom is 0.345 e. The van der Waals surface area contributed by atoms with Gasteiger partial charge < -0.3 is 9.47 Å². The Morgan fingerprint density at radius 1 is 1.32 bits per heavy atom. The van der Waals surface area contributed by atoms with E-state index < -0.39 is 5.97 Å². The van der Waals surface area contributed by atoms with Gasteiger partial charge in [0.25, 0.3) is 0 Å². The monoisotopic (exact) mass is 358 g/mol. The van der Waals surface area contributed by atoms with Crippen LogP contribution in [0.2, 0.25) is 0 Å². The number of hydrogen-bond donors (Lipinski definition) is 0. The molecule has 0 atom stereocenters. The van der Waals surface area contributed by atoms with E-state index in [4.69, 9.17) is 14.7 Å². The first kappa shape index (κ1) is 15.7. The van der Waals surface area contributed by atoms with Crippen molar-refractivity contribution in [2.45, 2.75) is 0 Å². The fourth-order valence-corrected chi connectivity index (χ4v) is 2.05. The van der Waals surface area contributed by atoms with Crippen LogP contribution in [0.1, 0.15) is 15.9 Å². The van der Waals surface area contributed by atoms with Gasteiger partial charge in [0.15, 0.2) is 11.5 Å². The SMILES string of the molecule is COc1cc(/C=C\C#N)ccc1OC(=O)c1cncc(Br)c1. The van der Waals surface area contributed by atoms with Gasteiger partial charge >= 0.3 is 5.97 Å². The average Bonchev–Trinajstić information content (AvgIpc) is 2.53. The van der Waals surface area contributed by atoms with Gasteiger partial charge in [-0.1, -0.05) is 6.07 Å². The molecule has 0 aliphatic rings. The number of benzene rings is 1. The number of halogens is 1. The molecule has 0 unspecified atom stereocenters. The highest BCUT2D eigenvalue weighted by molar-refractivity contribution is 9.10. The van der Waals surface area contributed by atoms with E-state index in [1.165, 1.54) is 19.4 Å². The molecule has 2 aromatic rings. The van der Waals surface area contributed by atoms with E-state index in [9.17, 15) is 4.79 Å². The number of methoxy groups -OCH3 is 1. The van der Waals surface area contributed by atoms with Crippen molar-refractivity contribution < 1.29 is 14.3 Å². The molecule has 6 heteroatoms. The molecule has 1 heterocycles. The number of ether oxygens (including phenoxy) is 2. The van der Waals surface area contributed by atoms with E-state index in [2.05, 4.69) is 20.9 Å². The third kappa shape index (κ3) is 3.93. The largest absolute Gasteiger partial charge is 0.493 e. The second kappa shape index (κ2) is 7.38. The number of pyridine rings is 1. The number of nitrogens with zero attached hydrogens (tertiary/aromatic N) is 2. The van der Waals surface area contributed by atoms with E-state index in [1.807, 2.05) is 6.07 Å². The van der Waals surface area contributed by atoms with Gasteiger partial charge in [-0.25, -0.2) is 4.79 Å². The summed E-state index contributed by atoms with van der Waals surface area (Å²) in [6.45, 7) is 0. The van der Waals surface area contributed by atoms with E-state index in [0.717, 1.165) is 5.56 Å². The molecular weight excluding hydrogens is 348 g/mol. The fourth-order valence-electron chi connectivity index (χ4n) is 1.69. The molecule has 0 aliphatic heterocycles. The molecule has 0 radical (unpaired) electrons. The highest BCUT2D eigenvalue weighted by Gasteiger charge is 2.13. The smallest absolute Gasteiger partial charge is 0.345 e. The molecule has 0 saturated carbocycles. The van der Waals surface area contributed by atoms with Crippen molar-refractivity contribution in [2.24, 2.45) is 0 Å². The molecule has 110 valence electrons. The zero-order valence-electron chi connectivity index (χ0n) is 11.6. The van der Waals surface area contributed by atoms with Crippen LogP contribution in [0.4, 0.5) is 0 Å². The maximum atomic E-state index is 12.1. The molecule has 0 fully saturated rings. The molecule has 1 aromatic heterocycles. The van der Waals surface area contributed by atoms with Crippen molar-refractivity contribution in [1.82, 2.24) is 4.98 Å². The third-order valence-electron chi connectivity index (χ3n) is 2.68. The predicted molar refractivity (Wildman–Crippen MR) is 84.5 cm³/mol. The summed E-state index contributed by atoms with van der Waals surface area (Å²) in [7, 11) is 1.48. The molecule has 2 rings (SSSR count). The van der Waals surface area contributed by atoms with Gasteiger partial charge in [-0.3, -0.25) is 4.98 Å². The number of carbonyl (C=O) groups excluding carboxylic acids is 1. The van der Waals surface area contributed by atoms with Crippen LogP contribution < -0.4 is 9.47 Å². The molecular formula is C16H11BrN2O3. The van der Waals surface area contributed by atoms with E-state index in [1.54, 1.807) is 36.5 Å². The molecule has 0 spiro atoms. The normalized spacial score (nSPS) is 10.2. The molecule has 0 bridgehead atoms. The average molecular weight is 359 g/mol. The number of aromatic nitrogens is 1. The van der Waals surface area contributed by atoms with Crippen LogP contribution in [0.3, 0.4) is 0 Å². The first-order chi connectivity index (χ1) is 10.6. The number of allylic oxidation sites excluding steroid dienone is 1. The molecule has 0 aliphatic carbocycles. The summed E-state index contributed by atoms with van der Waals surface area (Å²) in [5.41, 5.74) is 1.09. The minimum Gasteiger partial charge on any atom is -0.493 e. The summed E-state index contributed by atoms with van der Waals surface area (Å²) >= 11 is 3.25. The standard InChI is InChI=1S/C16H11BrN2O3/c1-21-15-7-11(3-2-6-18)4-5-14(15)22-16(20)12-8-13(17)10-19-9-12/h2-5,7-10H,1H3/b3-2-. The summed E-state index contributed by atoms with van der Waals surface area (Å²) in [6.07, 6.45) is 5.98. The maximum absolute atomic E-state index is 12.1.